The molecule has 7 nitrogen and oxygen atoms in total. The van der Waals surface area contributed by atoms with Gasteiger partial charge in [-0.25, -0.2) is 18.1 Å². The predicted molar refractivity (Wildman–Crippen MR) is 161 cm³/mol. The normalized spacial score (nSPS) is 19.9. The second-order valence-electron chi connectivity index (χ2n) is 14.0. The Labute approximate surface area is 233 Å². The molecule has 0 unspecified atom stereocenters. The van der Waals surface area contributed by atoms with E-state index in [2.05, 4.69) is 95.6 Å². The number of benzene rings is 1. The van der Waals surface area contributed by atoms with Gasteiger partial charge in [0.2, 0.25) is 16.6 Å². The quantitative estimate of drug-likeness (QED) is 0.335. The molecule has 1 N–H and O–H groups in total. The first-order valence-corrected chi connectivity index (χ1v) is 21.0. The highest BCUT2D eigenvalue weighted by atomic mass is 32.2. The fourth-order valence-corrected chi connectivity index (χ4v) is 7.55. The molecule has 38 heavy (non-hydrogen) atoms. The summed E-state index contributed by atoms with van der Waals surface area (Å²) in [7, 11) is -5.93. The van der Waals surface area contributed by atoms with E-state index < -0.39 is 26.7 Å². The lowest BCUT2D eigenvalue weighted by Crippen LogP contribution is -2.44. The third kappa shape index (κ3) is 7.11. The minimum absolute atomic E-state index is 0.0714. The number of nitrogens with one attached hydrogen (secondary N) is 1. The summed E-state index contributed by atoms with van der Waals surface area (Å²) in [5.41, 5.74) is 1.21. The van der Waals surface area contributed by atoms with Crippen LogP contribution < -0.4 is 13.6 Å². The zero-order valence-electron chi connectivity index (χ0n) is 25.3. The van der Waals surface area contributed by atoms with E-state index in [-0.39, 0.29) is 21.1 Å². The number of hydrogen-bond donors (Lipinski definition) is 1. The van der Waals surface area contributed by atoms with Crippen LogP contribution in [0.4, 0.5) is 0 Å². The summed E-state index contributed by atoms with van der Waals surface area (Å²) in [5.74, 6) is 2.13. The van der Waals surface area contributed by atoms with Gasteiger partial charge in [0.15, 0.2) is 5.03 Å². The lowest BCUT2D eigenvalue weighted by atomic mass is 9.81. The number of imidazole rings is 1. The second-order valence-corrected chi connectivity index (χ2v) is 25.1. The van der Waals surface area contributed by atoms with Gasteiger partial charge in [0.25, 0.3) is 10.0 Å². The zero-order chi connectivity index (χ0) is 28.7. The van der Waals surface area contributed by atoms with Crippen LogP contribution in [0.2, 0.25) is 36.3 Å². The molecule has 0 spiro atoms. The van der Waals surface area contributed by atoms with Gasteiger partial charge < -0.3 is 13.4 Å². The maximum Gasteiger partial charge on any atom is 0.259 e. The summed E-state index contributed by atoms with van der Waals surface area (Å²) in [6.07, 6.45) is 6.38. The summed E-state index contributed by atoms with van der Waals surface area (Å²) in [5, 5.41) is 0.249. The topological polar surface area (TPSA) is 82.5 Å². The standard InChI is InChI=1S/C28H49N3O4SSi2/c1-27(2,3)37(8,9)34-23-16-17-24(25(18-23)35-38(10,11)28(4,5)6)21-12-14-22(15-13-21)30-36(32,33)26-19-31(7)20-29-26/h16-22,30H,12-15H2,1-11H3. The van der Waals surface area contributed by atoms with E-state index in [0.29, 0.717) is 5.92 Å². The van der Waals surface area contributed by atoms with Gasteiger partial charge in [0, 0.05) is 25.4 Å². The van der Waals surface area contributed by atoms with Gasteiger partial charge in [-0.05, 0) is 79.5 Å². The molecule has 1 saturated carbocycles. The van der Waals surface area contributed by atoms with Crippen molar-refractivity contribution in [1.82, 2.24) is 14.3 Å². The van der Waals surface area contributed by atoms with Crippen LogP contribution in [-0.4, -0.2) is 40.6 Å². The molecule has 0 saturated heterocycles. The summed E-state index contributed by atoms with van der Waals surface area (Å²) in [6.45, 7) is 22.6. The Hall–Kier alpha value is -1.63. The molecule has 0 bridgehead atoms. The highest BCUT2D eigenvalue weighted by Gasteiger charge is 2.41. The number of rotatable bonds is 8. The van der Waals surface area contributed by atoms with Crippen molar-refractivity contribution in [3.63, 3.8) is 0 Å². The second kappa shape index (κ2) is 10.7. The van der Waals surface area contributed by atoms with E-state index in [1.54, 1.807) is 11.6 Å². The Morgan fingerprint density at radius 1 is 0.921 bits per heavy atom. The highest BCUT2D eigenvalue weighted by Crippen LogP contribution is 2.45. The molecule has 1 heterocycles. The third-order valence-electron chi connectivity index (χ3n) is 8.78. The molecule has 10 heteroatoms. The molecule has 0 radical (unpaired) electrons. The van der Waals surface area contributed by atoms with Crippen LogP contribution in [0.15, 0.2) is 35.7 Å². The van der Waals surface area contributed by atoms with E-state index in [1.165, 1.54) is 18.1 Å². The summed E-state index contributed by atoms with van der Waals surface area (Å²) >= 11 is 0. The minimum atomic E-state index is -3.62. The molecule has 0 aliphatic heterocycles. The maximum absolute atomic E-state index is 12.8. The summed E-state index contributed by atoms with van der Waals surface area (Å²) in [6, 6.07) is 6.31. The first-order chi connectivity index (χ1) is 17.2. The van der Waals surface area contributed by atoms with Crippen LogP contribution in [0.1, 0.15) is 78.7 Å². The van der Waals surface area contributed by atoms with Gasteiger partial charge >= 0.3 is 0 Å². The molecule has 1 aliphatic rings. The number of hydrogen-bond acceptors (Lipinski definition) is 5. The number of nitrogens with zero attached hydrogens (tertiary/aromatic N) is 2. The molecule has 1 fully saturated rings. The SMILES string of the molecule is Cn1cnc(S(=O)(=O)NC2CCC(c3ccc(O[Si](C)(C)C(C)(C)C)cc3O[Si](C)(C)C(C)(C)C)CC2)c1. The highest BCUT2D eigenvalue weighted by molar-refractivity contribution is 7.89. The van der Waals surface area contributed by atoms with Crippen LogP contribution in [0, 0.1) is 0 Å². The van der Waals surface area contributed by atoms with Crippen LogP contribution >= 0.6 is 0 Å². The van der Waals surface area contributed by atoms with E-state index in [1.807, 2.05) is 0 Å². The average Bonchev–Trinajstić information content (AvgIpc) is 3.20. The third-order valence-corrected chi connectivity index (χ3v) is 18.9. The van der Waals surface area contributed by atoms with Crippen LogP contribution in [-0.2, 0) is 17.1 Å². The molecule has 1 aromatic carbocycles. The Bertz CT molecular complexity index is 1220. The summed E-state index contributed by atoms with van der Waals surface area (Å²) < 4.78 is 43.6. The van der Waals surface area contributed by atoms with Crippen molar-refractivity contribution in [2.45, 2.75) is 120 Å². The Balaban J connectivity index is 1.83. The van der Waals surface area contributed by atoms with Crippen molar-refractivity contribution in [3.05, 3.63) is 36.3 Å². The Morgan fingerprint density at radius 3 is 1.97 bits per heavy atom. The van der Waals surface area contributed by atoms with Crippen molar-refractivity contribution in [2.75, 3.05) is 0 Å². The average molecular weight is 580 g/mol. The number of sulfonamides is 1. The van der Waals surface area contributed by atoms with Crippen LogP contribution in [0.5, 0.6) is 11.5 Å². The van der Waals surface area contributed by atoms with Gasteiger partial charge in [0.05, 0.1) is 6.33 Å². The van der Waals surface area contributed by atoms with E-state index in [9.17, 15) is 8.42 Å². The van der Waals surface area contributed by atoms with E-state index in [4.69, 9.17) is 8.85 Å². The summed E-state index contributed by atoms with van der Waals surface area (Å²) in [4.78, 5) is 4.02. The lowest BCUT2D eigenvalue weighted by Gasteiger charge is -2.39. The molecule has 1 aromatic heterocycles. The molecule has 0 amide bonds. The molecule has 1 aliphatic carbocycles. The van der Waals surface area contributed by atoms with Crippen LogP contribution in [0.3, 0.4) is 0 Å². The fourth-order valence-electron chi connectivity index (χ4n) is 4.21. The van der Waals surface area contributed by atoms with Crippen LogP contribution in [0.25, 0.3) is 0 Å². The first kappa shape index (κ1) is 30.9. The molecule has 0 atom stereocenters. The molecular formula is C28H49N3O4SSi2. The van der Waals surface area contributed by atoms with Crippen molar-refractivity contribution >= 4 is 26.7 Å². The smallest absolute Gasteiger partial charge is 0.259 e. The number of aryl methyl sites for hydroxylation is 1. The van der Waals surface area contributed by atoms with Gasteiger partial charge in [-0.3, -0.25) is 0 Å². The first-order valence-electron chi connectivity index (χ1n) is 13.7. The van der Waals surface area contributed by atoms with Gasteiger partial charge in [-0.1, -0.05) is 47.6 Å². The largest absolute Gasteiger partial charge is 0.543 e. The Kier molecular flexibility index (Phi) is 8.74. The molecule has 214 valence electrons. The van der Waals surface area contributed by atoms with E-state index >= 15 is 0 Å². The van der Waals surface area contributed by atoms with Gasteiger partial charge in [0.1, 0.15) is 11.5 Å². The molecule has 3 rings (SSSR count). The maximum atomic E-state index is 12.8. The predicted octanol–water partition coefficient (Wildman–Crippen LogP) is 7.19. The fraction of sp³-hybridized carbons (Fsp3) is 0.679. The van der Waals surface area contributed by atoms with Crippen molar-refractivity contribution in [3.8, 4) is 11.5 Å². The number of aromatic nitrogens is 2. The van der Waals surface area contributed by atoms with Gasteiger partial charge in [-0.2, -0.15) is 0 Å². The molecular weight excluding hydrogens is 531 g/mol. The monoisotopic (exact) mass is 579 g/mol. The van der Waals surface area contributed by atoms with Crippen molar-refractivity contribution < 1.29 is 17.3 Å². The lowest BCUT2D eigenvalue weighted by molar-refractivity contribution is 0.367. The molecule has 2 aromatic rings. The van der Waals surface area contributed by atoms with E-state index in [0.717, 1.165) is 37.2 Å². The Morgan fingerprint density at radius 2 is 1.47 bits per heavy atom. The van der Waals surface area contributed by atoms with Crippen molar-refractivity contribution in [2.24, 2.45) is 7.05 Å². The minimum Gasteiger partial charge on any atom is -0.543 e. The van der Waals surface area contributed by atoms with Crippen molar-refractivity contribution in [1.29, 1.82) is 0 Å². The zero-order valence-corrected chi connectivity index (χ0v) is 28.1. The van der Waals surface area contributed by atoms with Gasteiger partial charge in [-0.15, -0.1) is 0 Å².